The van der Waals surface area contributed by atoms with Gasteiger partial charge in [0, 0.05) is 12.4 Å². The van der Waals surface area contributed by atoms with Crippen molar-refractivity contribution in [2.24, 2.45) is 0 Å². The van der Waals surface area contributed by atoms with E-state index in [1.807, 2.05) is 21.1 Å². The maximum absolute atomic E-state index is 11.7. The minimum atomic E-state index is -1.25. The van der Waals surface area contributed by atoms with Crippen molar-refractivity contribution in [1.29, 1.82) is 0 Å². The highest BCUT2D eigenvalue weighted by atomic mass is 16.5. The first-order chi connectivity index (χ1) is 10.6. The van der Waals surface area contributed by atoms with Gasteiger partial charge in [0.25, 0.3) is 0 Å². The van der Waals surface area contributed by atoms with Gasteiger partial charge in [-0.2, -0.15) is 0 Å². The highest BCUT2D eigenvalue weighted by Crippen LogP contribution is 2.06. The molecule has 1 atom stereocenters. The lowest BCUT2D eigenvalue weighted by Gasteiger charge is -2.29. The van der Waals surface area contributed by atoms with E-state index < -0.39 is 24.0 Å². The number of hydrogen-bond acceptors (Lipinski definition) is 5. The zero-order valence-electron chi connectivity index (χ0n) is 13.9. The van der Waals surface area contributed by atoms with Crippen molar-refractivity contribution in [3.63, 3.8) is 0 Å². The molecule has 0 aliphatic heterocycles. The molecule has 0 aliphatic carbocycles. The van der Waals surface area contributed by atoms with E-state index in [1.165, 1.54) is 6.08 Å². The van der Waals surface area contributed by atoms with Crippen LogP contribution in [0.15, 0.2) is 24.3 Å². The second-order valence-corrected chi connectivity index (χ2v) is 6.14. The number of hydrogen-bond donors (Lipinski definition) is 1. The van der Waals surface area contributed by atoms with Crippen molar-refractivity contribution in [3.05, 3.63) is 24.3 Å². The van der Waals surface area contributed by atoms with E-state index in [0.717, 1.165) is 0 Å². The molecule has 0 aliphatic rings. The number of aliphatic carboxylic acids is 2. The van der Waals surface area contributed by atoms with E-state index in [4.69, 9.17) is 9.84 Å². The second-order valence-electron chi connectivity index (χ2n) is 6.14. The molecule has 0 saturated carbocycles. The quantitative estimate of drug-likeness (QED) is 0.328. The first-order valence-corrected chi connectivity index (χ1v) is 7.31. The van der Waals surface area contributed by atoms with Crippen LogP contribution in [0.25, 0.3) is 0 Å². The Morgan fingerprint density at radius 1 is 1.09 bits per heavy atom. The fourth-order valence-electron chi connectivity index (χ4n) is 1.81. The monoisotopic (exact) mass is 327 g/mol. The fourth-order valence-corrected chi connectivity index (χ4v) is 1.81. The summed E-state index contributed by atoms with van der Waals surface area (Å²) in [7, 11) is 5.62. The lowest BCUT2D eigenvalue weighted by atomic mass is 10.2. The van der Waals surface area contributed by atoms with Crippen LogP contribution in [0.4, 0.5) is 0 Å². The standard InChI is InChI=1S/C16H25NO6/c1-17(2,3)12-13(11-15(20)21)23-16(22)10-8-6-4-5-7-9-14(18)19/h5-8,13H,4,9-12H2,1-3H3,(H-,18,19,20,21)/b7-5+,8-6+. The van der Waals surface area contributed by atoms with E-state index >= 15 is 0 Å². The number of carboxylic acids is 2. The molecule has 0 rings (SSSR count). The number of allylic oxidation sites excluding steroid dienone is 2. The predicted octanol–water partition coefficient (Wildman–Crippen LogP) is 0.112. The summed E-state index contributed by atoms with van der Waals surface area (Å²) >= 11 is 0. The summed E-state index contributed by atoms with van der Waals surface area (Å²) in [6, 6.07) is 0. The van der Waals surface area contributed by atoms with Gasteiger partial charge in [-0.1, -0.05) is 24.3 Å². The van der Waals surface area contributed by atoms with E-state index in [2.05, 4.69) is 0 Å². The Kier molecular flexibility index (Phi) is 9.57. The van der Waals surface area contributed by atoms with Crippen molar-refractivity contribution < 1.29 is 33.8 Å². The van der Waals surface area contributed by atoms with Crippen LogP contribution in [0.5, 0.6) is 0 Å². The molecule has 0 heterocycles. The number of esters is 1. The summed E-state index contributed by atoms with van der Waals surface area (Å²) in [5, 5.41) is 19.2. The smallest absolute Gasteiger partial charge is 0.310 e. The largest absolute Gasteiger partial charge is 0.550 e. The molecule has 1 unspecified atom stereocenters. The molecule has 7 nitrogen and oxygen atoms in total. The molecule has 23 heavy (non-hydrogen) atoms. The van der Waals surface area contributed by atoms with Crippen LogP contribution in [0, 0.1) is 0 Å². The Hall–Kier alpha value is -2.15. The van der Waals surface area contributed by atoms with Crippen LogP contribution >= 0.6 is 0 Å². The molecule has 0 aromatic heterocycles. The van der Waals surface area contributed by atoms with Crippen LogP contribution < -0.4 is 5.11 Å². The molecular weight excluding hydrogens is 302 g/mol. The number of likely N-dealkylation sites (N-methyl/N-ethyl adjacent to an activating group) is 1. The summed E-state index contributed by atoms with van der Waals surface area (Å²) in [6.45, 7) is 0.376. The molecule has 0 aromatic rings. The first kappa shape index (κ1) is 20.9. The molecule has 7 heteroatoms. The Bertz CT molecular complexity index is 462. The summed E-state index contributed by atoms with van der Waals surface area (Å²) in [6.07, 6.45) is 6.00. The Morgan fingerprint density at radius 3 is 2.13 bits per heavy atom. The van der Waals surface area contributed by atoms with Crippen molar-refractivity contribution in [2.45, 2.75) is 31.8 Å². The topological polar surface area (TPSA) is 104 Å². The minimum absolute atomic E-state index is 0.0352. The van der Waals surface area contributed by atoms with Gasteiger partial charge in [0.2, 0.25) is 0 Å². The van der Waals surface area contributed by atoms with Gasteiger partial charge in [0.15, 0.2) is 6.10 Å². The first-order valence-electron chi connectivity index (χ1n) is 7.31. The highest BCUT2D eigenvalue weighted by molar-refractivity contribution is 5.72. The number of carbonyl (C=O) groups is 3. The molecule has 1 N–H and O–H groups in total. The van der Waals surface area contributed by atoms with Crippen LogP contribution in [-0.2, 0) is 19.1 Å². The van der Waals surface area contributed by atoms with Gasteiger partial charge in [-0.3, -0.25) is 9.59 Å². The molecule has 0 bridgehead atoms. The summed E-state index contributed by atoms with van der Waals surface area (Å²) in [5.41, 5.74) is 0. The number of nitrogens with zero attached hydrogens (tertiary/aromatic N) is 1. The highest BCUT2D eigenvalue weighted by Gasteiger charge is 2.21. The predicted molar refractivity (Wildman–Crippen MR) is 82.2 cm³/mol. The van der Waals surface area contributed by atoms with Gasteiger partial charge >= 0.3 is 11.9 Å². The summed E-state index contributed by atoms with van der Waals surface area (Å²) < 4.78 is 5.64. The van der Waals surface area contributed by atoms with Gasteiger partial charge in [0.05, 0.1) is 34.0 Å². The number of rotatable bonds is 11. The molecule has 0 spiro atoms. The maximum Gasteiger partial charge on any atom is 0.310 e. The van der Waals surface area contributed by atoms with Crippen molar-refractivity contribution in [1.82, 2.24) is 0 Å². The van der Waals surface area contributed by atoms with E-state index in [1.54, 1.807) is 18.2 Å². The number of carboxylic acid groups (broad SMARTS) is 2. The summed E-state index contributed by atoms with van der Waals surface area (Å²) in [4.78, 5) is 32.7. The van der Waals surface area contributed by atoms with Gasteiger partial charge in [-0.25, -0.2) is 0 Å². The van der Waals surface area contributed by atoms with Gasteiger partial charge < -0.3 is 24.2 Å². The van der Waals surface area contributed by atoms with E-state index in [0.29, 0.717) is 17.4 Å². The van der Waals surface area contributed by atoms with Gasteiger partial charge in [0.1, 0.15) is 6.54 Å². The SMILES string of the molecule is C[N+](C)(C)CC(CC(=O)[O-])OC(=O)C/C=C/C/C=C/CC(=O)O. The Morgan fingerprint density at radius 2 is 1.65 bits per heavy atom. The summed E-state index contributed by atoms with van der Waals surface area (Å²) in [5.74, 6) is -2.66. The third-order valence-corrected chi connectivity index (χ3v) is 2.63. The third kappa shape index (κ3) is 14.5. The Labute approximate surface area is 136 Å². The zero-order chi connectivity index (χ0) is 17.9. The molecule has 0 amide bonds. The minimum Gasteiger partial charge on any atom is -0.550 e. The van der Waals surface area contributed by atoms with Crippen LogP contribution in [0.1, 0.15) is 25.7 Å². The molecule has 0 radical (unpaired) electrons. The van der Waals surface area contributed by atoms with Crippen LogP contribution in [0.2, 0.25) is 0 Å². The van der Waals surface area contributed by atoms with E-state index in [-0.39, 0.29) is 19.3 Å². The van der Waals surface area contributed by atoms with Crippen LogP contribution in [-0.4, -0.2) is 61.3 Å². The zero-order valence-corrected chi connectivity index (χ0v) is 13.9. The second kappa shape index (κ2) is 10.6. The third-order valence-electron chi connectivity index (χ3n) is 2.63. The lowest BCUT2D eigenvalue weighted by molar-refractivity contribution is -0.873. The number of carbonyl (C=O) groups excluding carboxylic acids is 2. The average molecular weight is 327 g/mol. The van der Waals surface area contributed by atoms with Crippen molar-refractivity contribution >= 4 is 17.9 Å². The average Bonchev–Trinajstić information content (AvgIpc) is 2.34. The van der Waals surface area contributed by atoms with Crippen molar-refractivity contribution in [3.8, 4) is 0 Å². The number of quaternary nitrogens is 1. The Balaban J connectivity index is 4.23. The lowest BCUT2D eigenvalue weighted by Crippen LogP contribution is -2.45. The van der Waals surface area contributed by atoms with Gasteiger partial charge in [-0.05, 0) is 6.42 Å². The number of ether oxygens (including phenoxy) is 1. The molecule has 0 saturated heterocycles. The van der Waals surface area contributed by atoms with Crippen molar-refractivity contribution in [2.75, 3.05) is 27.7 Å². The maximum atomic E-state index is 11.7. The van der Waals surface area contributed by atoms with Gasteiger partial charge in [-0.15, -0.1) is 0 Å². The molecule has 0 aromatic carbocycles. The van der Waals surface area contributed by atoms with Crippen LogP contribution in [0.3, 0.4) is 0 Å². The molecule has 0 fully saturated rings. The molecule has 130 valence electrons. The fraction of sp³-hybridized carbons (Fsp3) is 0.562. The molecular formula is C16H25NO6. The van der Waals surface area contributed by atoms with E-state index in [9.17, 15) is 19.5 Å². The normalized spacial score (nSPS) is 13.3.